The zero-order valence-electron chi connectivity index (χ0n) is 28.7. The number of carboxylic acid groups (broad SMARTS) is 1. The lowest BCUT2D eigenvalue weighted by Gasteiger charge is -2.41. The zero-order valence-corrected chi connectivity index (χ0v) is 28.7. The molecule has 2 saturated heterocycles. The van der Waals surface area contributed by atoms with Crippen LogP contribution in [0, 0.1) is 25.2 Å². The molecule has 1 N–H and O–H groups in total. The minimum atomic E-state index is -1.10. The Morgan fingerprint density at radius 1 is 1.09 bits per heavy atom. The molecule has 1 aromatic carbocycles. The van der Waals surface area contributed by atoms with Crippen LogP contribution in [0.4, 0.5) is 5.69 Å². The van der Waals surface area contributed by atoms with Crippen molar-refractivity contribution >= 4 is 11.7 Å². The highest BCUT2D eigenvalue weighted by molar-refractivity contribution is 5.88. The van der Waals surface area contributed by atoms with E-state index in [1.54, 1.807) is 0 Å². The summed E-state index contributed by atoms with van der Waals surface area (Å²) in [5, 5.41) is 10.5. The number of anilines is 1. The second-order valence-corrected chi connectivity index (χ2v) is 16.0. The van der Waals surface area contributed by atoms with Gasteiger partial charge in [0.25, 0.3) is 0 Å². The van der Waals surface area contributed by atoms with Crippen LogP contribution in [0.3, 0.4) is 0 Å². The minimum absolute atomic E-state index is 0.0241. The van der Waals surface area contributed by atoms with Gasteiger partial charge in [-0.3, -0.25) is 9.88 Å². The summed E-state index contributed by atoms with van der Waals surface area (Å²) in [5.41, 5.74) is 7.90. The summed E-state index contributed by atoms with van der Waals surface area (Å²) in [6.07, 6.45) is 4.26. The minimum Gasteiger partial charge on any atom is -0.479 e. The van der Waals surface area contributed by atoms with Crippen molar-refractivity contribution in [1.82, 2.24) is 9.88 Å². The Hall–Kier alpha value is -2.48. The van der Waals surface area contributed by atoms with Gasteiger partial charge in [0.2, 0.25) is 0 Å². The molecule has 1 aromatic heterocycles. The Balaban J connectivity index is 1.52. The number of carbonyl (C=O) groups is 1. The zero-order chi connectivity index (χ0) is 32.0. The SMILES string of the molecule is Cc1nc(C)c([C@H](OC(C)(C)C)C(=O)O)c(N2CCC(C)(C)CC2)c1-c1ccc2c(c1)CCN(CC1CCOC(C)(C)C1)C2. The molecule has 44 heavy (non-hydrogen) atoms. The first-order valence-electron chi connectivity index (χ1n) is 16.7. The highest BCUT2D eigenvalue weighted by Gasteiger charge is 2.37. The molecule has 242 valence electrons. The molecule has 0 saturated carbocycles. The van der Waals surface area contributed by atoms with Crippen LogP contribution in [0.1, 0.15) is 108 Å². The van der Waals surface area contributed by atoms with Crippen LogP contribution in [0.15, 0.2) is 18.2 Å². The summed E-state index contributed by atoms with van der Waals surface area (Å²) in [4.78, 5) is 22.8. The third-order valence-electron chi connectivity index (χ3n) is 9.87. The largest absolute Gasteiger partial charge is 0.479 e. The van der Waals surface area contributed by atoms with E-state index in [9.17, 15) is 9.90 Å². The first-order chi connectivity index (χ1) is 20.5. The Kier molecular flexibility index (Phi) is 9.25. The highest BCUT2D eigenvalue weighted by Crippen LogP contribution is 2.45. The molecule has 2 aromatic rings. The highest BCUT2D eigenvalue weighted by atomic mass is 16.5. The molecule has 0 amide bonds. The number of hydrogen-bond acceptors (Lipinski definition) is 6. The monoisotopic (exact) mass is 605 g/mol. The lowest BCUT2D eigenvalue weighted by Crippen LogP contribution is -2.41. The number of benzene rings is 1. The molecule has 0 bridgehead atoms. The van der Waals surface area contributed by atoms with Crippen molar-refractivity contribution in [2.45, 2.75) is 118 Å². The number of aliphatic carboxylic acids is 1. The summed E-state index contributed by atoms with van der Waals surface area (Å²) in [7, 11) is 0. The summed E-state index contributed by atoms with van der Waals surface area (Å²) in [5.74, 6) is -0.300. The van der Waals surface area contributed by atoms with Gasteiger partial charge in [-0.05, 0) is 109 Å². The number of nitrogens with zero attached hydrogens (tertiary/aromatic N) is 3. The Labute approximate surface area is 265 Å². The summed E-state index contributed by atoms with van der Waals surface area (Å²) < 4.78 is 12.2. The number of fused-ring (bicyclic) bond motifs is 1. The molecule has 0 spiro atoms. The van der Waals surface area contributed by atoms with Crippen molar-refractivity contribution < 1.29 is 19.4 Å². The van der Waals surface area contributed by atoms with Gasteiger partial charge in [-0.25, -0.2) is 4.79 Å². The van der Waals surface area contributed by atoms with Gasteiger partial charge in [-0.15, -0.1) is 0 Å². The molecular formula is C37H55N3O4. The molecule has 7 nitrogen and oxygen atoms in total. The lowest BCUT2D eigenvalue weighted by atomic mass is 9.81. The molecule has 1 unspecified atom stereocenters. The van der Waals surface area contributed by atoms with Crippen molar-refractivity contribution in [3.05, 3.63) is 46.3 Å². The van der Waals surface area contributed by atoms with E-state index in [2.05, 4.69) is 62.6 Å². The number of rotatable bonds is 7. The molecule has 0 radical (unpaired) electrons. The maximum atomic E-state index is 12.8. The van der Waals surface area contributed by atoms with Crippen LogP contribution >= 0.6 is 0 Å². The van der Waals surface area contributed by atoms with E-state index >= 15 is 0 Å². The van der Waals surface area contributed by atoms with Gasteiger partial charge in [0.05, 0.1) is 16.9 Å². The second-order valence-electron chi connectivity index (χ2n) is 16.0. The maximum absolute atomic E-state index is 12.8. The predicted molar refractivity (Wildman–Crippen MR) is 177 cm³/mol. The standard InChI is InChI=1S/C37H55N3O4/c1-24-30(28-10-11-29-23-39(16-12-27(29)20-28)22-26-13-19-43-37(8,9)21-26)32(40-17-14-36(6,7)15-18-40)31(25(2)38-24)33(34(41)42)44-35(3,4)5/h10-11,20,26,33H,12-19,21-23H2,1-9H3,(H,41,42)/t26?,33-/m0/s1. The normalized spacial score (nSPS) is 22.8. The Morgan fingerprint density at radius 3 is 2.43 bits per heavy atom. The number of carboxylic acids is 1. The first-order valence-corrected chi connectivity index (χ1v) is 16.7. The maximum Gasteiger partial charge on any atom is 0.337 e. The number of aryl methyl sites for hydroxylation is 2. The smallest absolute Gasteiger partial charge is 0.337 e. The molecule has 7 heteroatoms. The first kappa shape index (κ1) is 32.9. The van der Waals surface area contributed by atoms with Gasteiger partial charge in [-0.2, -0.15) is 0 Å². The molecule has 0 aliphatic carbocycles. The van der Waals surface area contributed by atoms with E-state index in [1.807, 2.05) is 27.7 Å². The molecule has 2 fully saturated rings. The fourth-order valence-corrected chi connectivity index (χ4v) is 7.56. The fraction of sp³-hybridized carbons (Fsp3) is 0.676. The average Bonchev–Trinajstić information content (AvgIpc) is 2.90. The molecule has 3 aliphatic rings. The average molecular weight is 606 g/mol. The molecule has 5 rings (SSSR count). The van der Waals surface area contributed by atoms with E-state index in [0.29, 0.717) is 11.5 Å². The number of pyridine rings is 1. The quantitative estimate of drug-likeness (QED) is 0.350. The van der Waals surface area contributed by atoms with Crippen molar-refractivity contribution in [3.8, 4) is 11.1 Å². The summed E-state index contributed by atoms with van der Waals surface area (Å²) in [6.45, 7) is 24.6. The summed E-state index contributed by atoms with van der Waals surface area (Å²) in [6, 6.07) is 6.89. The Morgan fingerprint density at radius 2 is 1.80 bits per heavy atom. The van der Waals surface area contributed by atoms with E-state index in [4.69, 9.17) is 14.5 Å². The number of ether oxygens (including phenoxy) is 2. The van der Waals surface area contributed by atoms with Crippen LogP contribution in [-0.2, 0) is 27.2 Å². The van der Waals surface area contributed by atoms with Gasteiger partial charge in [0.1, 0.15) is 0 Å². The van der Waals surface area contributed by atoms with Gasteiger partial charge in [0, 0.05) is 61.8 Å². The third-order valence-corrected chi connectivity index (χ3v) is 9.87. The van der Waals surface area contributed by atoms with Crippen molar-refractivity contribution in [1.29, 1.82) is 0 Å². The Bertz CT molecular complexity index is 1370. The van der Waals surface area contributed by atoms with Crippen molar-refractivity contribution in [2.24, 2.45) is 11.3 Å². The lowest BCUT2D eigenvalue weighted by molar-refractivity contribution is -0.160. The van der Waals surface area contributed by atoms with Gasteiger partial charge in [-0.1, -0.05) is 32.0 Å². The fourth-order valence-electron chi connectivity index (χ4n) is 7.56. The van der Waals surface area contributed by atoms with Crippen LogP contribution in [0.2, 0.25) is 0 Å². The molecular weight excluding hydrogens is 550 g/mol. The molecule has 4 heterocycles. The van der Waals surface area contributed by atoms with Gasteiger partial charge < -0.3 is 19.5 Å². The molecule has 3 aliphatic heterocycles. The van der Waals surface area contributed by atoms with Crippen LogP contribution in [0.25, 0.3) is 11.1 Å². The van der Waals surface area contributed by atoms with Crippen LogP contribution < -0.4 is 4.90 Å². The van der Waals surface area contributed by atoms with Crippen LogP contribution in [-0.4, -0.2) is 64.9 Å². The third kappa shape index (κ3) is 7.48. The number of aromatic nitrogens is 1. The number of hydrogen-bond donors (Lipinski definition) is 1. The topological polar surface area (TPSA) is 75.1 Å². The second kappa shape index (κ2) is 12.4. The van der Waals surface area contributed by atoms with Gasteiger partial charge >= 0.3 is 5.97 Å². The van der Waals surface area contributed by atoms with Gasteiger partial charge in [0.15, 0.2) is 6.10 Å². The summed E-state index contributed by atoms with van der Waals surface area (Å²) >= 11 is 0. The number of piperidine rings is 1. The molecule has 2 atom stereocenters. The van der Waals surface area contributed by atoms with E-state index in [1.165, 1.54) is 11.1 Å². The van der Waals surface area contributed by atoms with E-state index in [-0.39, 0.29) is 11.0 Å². The van der Waals surface area contributed by atoms with Crippen LogP contribution in [0.5, 0.6) is 0 Å². The predicted octanol–water partition coefficient (Wildman–Crippen LogP) is 7.50. The van der Waals surface area contributed by atoms with E-state index < -0.39 is 17.7 Å². The van der Waals surface area contributed by atoms with Crippen molar-refractivity contribution in [2.75, 3.05) is 37.7 Å². The van der Waals surface area contributed by atoms with Crippen molar-refractivity contribution in [3.63, 3.8) is 0 Å². The van der Waals surface area contributed by atoms with E-state index in [0.717, 1.165) is 99.6 Å².